The molecular weight excluding hydrogens is 240 g/mol. The van der Waals surface area contributed by atoms with Crippen molar-refractivity contribution in [1.82, 2.24) is 5.32 Å². The van der Waals surface area contributed by atoms with Crippen molar-refractivity contribution in [3.8, 4) is 5.75 Å². The van der Waals surface area contributed by atoms with Gasteiger partial charge in [0, 0.05) is 11.8 Å². The van der Waals surface area contributed by atoms with Crippen molar-refractivity contribution in [3.05, 3.63) is 23.8 Å². The number of anilines is 1. The summed E-state index contributed by atoms with van der Waals surface area (Å²) in [4.78, 5) is 12.3. The first-order valence-corrected chi connectivity index (χ1v) is 6.74. The Bertz CT molecular complexity index is 483. The first kappa shape index (κ1) is 13.9. The summed E-state index contributed by atoms with van der Waals surface area (Å²) < 4.78 is 0. The highest BCUT2D eigenvalue weighted by atomic mass is 16.3. The van der Waals surface area contributed by atoms with E-state index in [4.69, 9.17) is 0 Å². The van der Waals surface area contributed by atoms with E-state index < -0.39 is 0 Å². The number of benzene rings is 1. The zero-order chi connectivity index (χ0) is 14.0. The van der Waals surface area contributed by atoms with Crippen LogP contribution in [0.3, 0.4) is 0 Å². The number of aromatic hydroxyl groups is 1. The Morgan fingerprint density at radius 3 is 2.84 bits per heavy atom. The lowest BCUT2D eigenvalue weighted by molar-refractivity contribution is -0.121. The minimum absolute atomic E-state index is 0.0343. The normalized spacial score (nSPS) is 21.9. The van der Waals surface area contributed by atoms with Crippen molar-refractivity contribution < 1.29 is 9.90 Å². The second-order valence-corrected chi connectivity index (χ2v) is 5.97. The van der Waals surface area contributed by atoms with Gasteiger partial charge >= 0.3 is 0 Å². The molecule has 0 bridgehead atoms. The summed E-state index contributed by atoms with van der Waals surface area (Å²) in [6.45, 7) is 6.92. The van der Waals surface area contributed by atoms with E-state index in [2.05, 4.69) is 24.5 Å². The van der Waals surface area contributed by atoms with Gasteiger partial charge in [0.05, 0.1) is 6.04 Å². The van der Waals surface area contributed by atoms with Gasteiger partial charge in [0.15, 0.2) is 0 Å². The molecule has 1 fully saturated rings. The van der Waals surface area contributed by atoms with Crippen LogP contribution in [-0.4, -0.2) is 23.6 Å². The molecule has 3 N–H and O–H groups in total. The molecule has 2 rings (SSSR count). The molecule has 0 aliphatic carbocycles. The average molecular weight is 262 g/mol. The highest BCUT2D eigenvalue weighted by molar-refractivity contribution is 5.95. The predicted octanol–water partition coefficient (Wildman–Crippen LogP) is 2.42. The molecule has 104 valence electrons. The number of phenolic OH excluding ortho intramolecular Hbond substituents is 1. The van der Waals surface area contributed by atoms with Gasteiger partial charge in [0.2, 0.25) is 5.91 Å². The van der Waals surface area contributed by atoms with Crippen molar-refractivity contribution in [3.63, 3.8) is 0 Å². The molecule has 1 aromatic rings. The van der Waals surface area contributed by atoms with Gasteiger partial charge in [-0.25, -0.2) is 0 Å². The summed E-state index contributed by atoms with van der Waals surface area (Å²) in [5.41, 5.74) is 1.39. The number of hydrogen-bond donors (Lipinski definition) is 3. The molecule has 19 heavy (non-hydrogen) atoms. The van der Waals surface area contributed by atoms with Crippen LogP contribution in [0.1, 0.15) is 32.3 Å². The molecule has 1 heterocycles. The lowest BCUT2D eigenvalue weighted by Gasteiger charge is -2.38. The fourth-order valence-corrected chi connectivity index (χ4v) is 2.56. The number of piperidine rings is 1. The van der Waals surface area contributed by atoms with Crippen LogP contribution >= 0.6 is 0 Å². The molecule has 1 aromatic carbocycles. The Hall–Kier alpha value is -1.55. The summed E-state index contributed by atoms with van der Waals surface area (Å²) in [6.07, 6.45) is 2.14. The Balaban J connectivity index is 2.09. The zero-order valence-electron chi connectivity index (χ0n) is 11.8. The first-order chi connectivity index (χ1) is 8.90. The molecule has 0 saturated carbocycles. The number of phenols is 1. The van der Waals surface area contributed by atoms with Crippen molar-refractivity contribution >= 4 is 11.6 Å². The van der Waals surface area contributed by atoms with Gasteiger partial charge in [-0.1, -0.05) is 19.9 Å². The molecule has 4 heteroatoms. The highest BCUT2D eigenvalue weighted by Gasteiger charge is 2.37. The molecule has 1 aliphatic rings. The van der Waals surface area contributed by atoms with Gasteiger partial charge < -0.3 is 15.7 Å². The maximum absolute atomic E-state index is 12.3. The van der Waals surface area contributed by atoms with Crippen LogP contribution in [0.15, 0.2) is 18.2 Å². The smallest absolute Gasteiger partial charge is 0.242 e. The lowest BCUT2D eigenvalue weighted by Crippen LogP contribution is -2.53. The molecule has 0 aromatic heterocycles. The third kappa shape index (κ3) is 3.07. The van der Waals surface area contributed by atoms with E-state index in [0.717, 1.165) is 24.9 Å². The van der Waals surface area contributed by atoms with Gasteiger partial charge in [-0.05, 0) is 43.4 Å². The second kappa shape index (κ2) is 5.21. The molecule has 0 radical (unpaired) electrons. The largest absolute Gasteiger partial charge is 0.508 e. The fraction of sp³-hybridized carbons (Fsp3) is 0.533. The monoisotopic (exact) mass is 262 g/mol. The van der Waals surface area contributed by atoms with Crippen LogP contribution in [0.2, 0.25) is 0 Å². The Morgan fingerprint density at radius 1 is 1.47 bits per heavy atom. The van der Waals surface area contributed by atoms with E-state index in [9.17, 15) is 9.90 Å². The SMILES string of the molecule is Cc1ccc(NC(=O)C2NCCCC2(C)C)cc1O. The third-order valence-electron chi connectivity index (χ3n) is 3.87. The molecule has 1 unspecified atom stereocenters. The van der Waals surface area contributed by atoms with Crippen LogP contribution in [0.4, 0.5) is 5.69 Å². The van der Waals surface area contributed by atoms with Crippen molar-refractivity contribution in [2.45, 2.75) is 39.7 Å². The number of nitrogens with one attached hydrogen (secondary N) is 2. The highest BCUT2D eigenvalue weighted by Crippen LogP contribution is 2.31. The van der Waals surface area contributed by atoms with Crippen LogP contribution in [0, 0.1) is 12.3 Å². The van der Waals surface area contributed by atoms with E-state index >= 15 is 0 Å². The zero-order valence-corrected chi connectivity index (χ0v) is 11.8. The second-order valence-electron chi connectivity index (χ2n) is 5.97. The van der Waals surface area contributed by atoms with Crippen molar-refractivity contribution in [2.75, 3.05) is 11.9 Å². The van der Waals surface area contributed by atoms with Crippen molar-refractivity contribution in [1.29, 1.82) is 0 Å². The predicted molar refractivity (Wildman–Crippen MR) is 76.3 cm³/mol. The van der Waals surface area contributed by atoms with Crippen molar-refractivity contribution in [2.24, 2.45) is 5.41 Å². The number of hydrogen-bond acceptors (Lipinski definition) is 3. The van der Waals surface area contributed by atoms with Crippen LogP contribution in [0.5, 0.6) is 5.75 Å². The Labute approximate surface area is 114 Å². The summed E-state index contributed by atoms with van der Waals surface area (Å²) in [5.74, 6) is 0.168. The van der Waals surface area contributed by atoms with E-state index in [0.29, 0.717) is 5.69 Å². The molecular formula is C15H22N2O2. The van der Waals surface area contributed by atoms with E-state index in [1.165, 1.54) is 0 Å². The van der Waals surface area contributed by atoms with Gasteiger partial charge in [-0.2, -0.15) is 0 Å². The Morgan fingerprint density at radius 2 is 2.21 bits per heavy atom. The summed E-state index contributed by atoms with van der Waals surface area (Å²) in [7, 11) is 0. The van der Waals surface area contributed by atoms with Gasteiger partial charge in [0.25, 0.3) is 0 Å². The van der Waals surface area contributed by atoms with E-state index in [1.54, 1.807) is 12.1 Å². The van der Waals surface area contributed by atoms with Gasteiger partial charge in [-0.15, -0.1) is 0 Å². The number of carbonyl (C=O) groups is 1. The van der Waals surface area contributed by atoms with Crippen LogP contribution in [-0.2, 0) is 4.79 Å². The molecule has 1 aliphatic heterocycles. The lowest BCUT2D eigenvalue weighted by atomic mass is 9.77. The number of aryl methyl sites for hydroxylation is 1. The maximum Gasteiger partial charge on any atom is 0.242 e. The molecule has 1 amide bonds. The number of carbonyl (C=O) groups excluding carboxylic acids is 1. The minimum atomic E-state index is -0.190. The summed E-state index contributed by atoms with van der Waals surface area (Å²) >= 11 is 0. The molecule has 1 saturated heterocycles. The third-order valence-corrected chi connectivity index (χ3v) is 3.87. The van der Waals surface area contributed by atoms with Crippen LogP contribution < -0.4 is 10.6 Å². The minimum Gasteiger partial charge on any atom is -0.508 e. The van der Waals surface area contributed by atoms with Gasteiger partial charge in [0.1, 0.15) is 5.75 Å². The maximum atomic E-state index is 12.3. The fourth-order valence-electron chi connectivity index (χ4n) is 2.56. The first-order valence-electron chi connectivity index (χ1n) is 6.74. The van der Waals surface area contributed by atoms with E-state index in [1.807, 2.05) is 13.0 Å². The van der Waals surface area contributed by atoms with Crippen LogP contribution in [0.25, 0.3) is 0 Å². The van der Waals surface area contributed by atoms with E-state index in [-0.39, 0.29) is 23.1 Å². The molecule has 1 atom stereocenters. The molecule has 4 nitrogen and oxygen atoms in total. The number of rotatable bonds is 2. The van der Waals surface area contributed by atoms with Gasteiger partial charge in [-0.3, -0.25) is 4.79 Å². The number of amides is 1. The molecule has 0 spiro atoms. The Kier molecular flexibility index (Phi) is 3.80. The summed E-state index contributed by atoms with van der Waals surface area (Å²) in [6, 6.07) is 5.00. The topological polar surface area (TPSA) is 61.4 Å². The standard InChI is InChI=1S/C15H22N2O2/c1-10-5-6-11(9-12(10)18)17-14(19)13-15(2,3)7-4-8-16-13/h5-6,9,13,16,18H,4,7-8H2,1-3H3,(H,17,19). The average Bonchev–Trinajstić information content (AvgIpc) is 2.33. The quantitative estimate of drug-likeness (QED) is 0.767. The summed E-state index contributed by atoms with van der Waals surface area (Å²) in [5, 5.41) is 15.8.